The van der Waals surface area contributed by atoms with Crippen LogP contribution >= 0.6 is 11.3 Å². The first-order valence-corrected chi connectivity index (χ1v) is 6.26. The van der Waals surface area contributed by atoms with E-state index in [1.165, 1.54) is 6.07 Å². The lowest BCUT2D eigenvalue weighted by molar-refractivity contribution is 0.0697. The summed E-state index contributed by atoms with van der Waals surface area (Å²) in [6.45, 7) is 3.91. The van der Waals surface area contributed by atoms with Gasteiger partial charge in [-0.1, -0.05) is 0 Å². The first-order chi connectivity index (χ1) is 8.58. The standard InChI is InChI=1S/C12H13N3O2S/c1-7-6-14-11(18-7)8(2)15-10-9(12(16)17)4-3-5-13-10/h3-6,8H,1-2H3,(H,13,15)(H,16,17). The fraction of sp³-hybridized carbons (Fsp3) is 0.250. The zero-order valence-electron chi connectivity index (χ0n) is 10.0. The molecule has 2 aromatic rings. The Balaban J connectivity index is 2.21. The van der Waals surface area contributed by atoms with Gasteiger partial charge in [0.05, 0.1) is 6.04 Å². The van der Waals surface area contributed by atoms with Gasteiger partial charge in [-0.25, -0.2) is 14.8 Å². The van der Waals surface area contributed by atoms with Crippen molar-refractivity contribution in [1.29, 1.82) is 0 Å². The van der Waals surface area contributed by atoms with E-state index in [4.69, 9.17) is 5.11 Å². The van der Waals surface area contributed by atoms with Crippen molar-refractivity contribution in [2.45, 2.75) is 19.9 Å². The highest BCUT2D eigenvalue weighted by Gasteiger charge is 2.15. The molecule has 0 amide bonds. The molecule has 2 aromatic heterocycles. The van der Waals surface area contributed by atoms with Crippen LogP contribution in [0.3, 0.4) is 0 Å². The summed E-state index contributed by atoms with van der Waals surface area (Å²) in [5, 5.41) is 13.0. The highest BCUT2D eigenvalue weighted by atomic mass is 32.1. The summed E-state index contributed by atoms with van der Waals surface area (Å²) in [5.41, 5.74) is 0.164. The molecule has 0 spiro atoms. The van der Waals surface area contributed by atoms with E-state index in [1.807, 2.05) is 13.8 Å². The lowest BCUT2D eigenvalue weighted by Crippen LogP contribution is -2.11. The lowest BCUT2D eigenvalue weighted by Gasteiger charge is -2.13. The fourth-order valence-corrected chi connectivity index (χ4v) is 2.31. The van der Waals surface area contributed by atoms with Gasteiger partial charge in [0.1, 0.15) is 16.4 Å². The molecule has 18 heavy (non-hydrogen) atoms. The van der Waals surface area contributed by atoms with Crippen molar-refractivity contribution in [2.24, 2.45) is 0 Å². The van der Waals surface area contributed by atoms with E-state index in [1.54, 1.807) is 29.8 Å². The Hall–Kier alpha value is -1.95. The van der Waals surface area contributed by atoms with Crippen molar-refractivity contribution >= 4 is 23.1 Å². The summed E-state index contributed by atoms with van der Waals surface area (Å²) in [6, 6.07) is 3.06. The maximum Gasteiger partial charge on any atom is 0.339 e. The molecule has 2 rings (SSSR count). The predicted molar refractivity (Wildman–Crippen MR) is 70.1 cm³/mol. The van der Waals surface area contributed by atoms with E-state index >= 15 is 0 Å². The molecule has 0 bridgehead atoms. The molecule has 0 aliphatic heterocycles. The Morgan fingerprint density at radius 3 is 2.89 bits per heavy atom. The van der Waals surface area contributed by atoms with Crippen LogP contribution < -0.4 is 5.32 Å². The third-order valence-electron chi connectivity index (χ3n) is 2.40. The number of carboxylic acid groups (broad SMARTS) is 1. The molecule has 2 N–H and O–H groups in total. The zero-order chi connectivity index (χ0) is 13.1. The molecule has 6 heteroatoms. The molecular weight excluding hydrogens is 250 g/mol. The van der Waals surface area contributed by atoms with Crippen LogP contribution in [0.4, 0.5) is 5.82 Å². The van der Waals surface area contributed by atoms with Gasteiger partial charge in [-0.3, -0.25) is 0 Å². The van der Waals surface area contributed by atoms with Crippen molar-refractivity contribution in [3.8, 4) is 0 Å². The minimum Gasteiger partial charge on any atom is -0.478 e. The van der Waals surface area contributed by atoms with Gasteiger partial charge in [-0.15, -0.1) is 11.3 Å². The second-order valence-corrected chi connectivity index (χ2v) is 5.15. The molecule has 2 heterocycles. The van der Waals surface area contributed by atoms with Crippen LogP contribution in [-0.2, 0) is 0 Å². The number of nitrogens with zero attached hydrogens (tertiary/aromatic N) is 2. The summed E-state index contributed by atoms with van der Waals surface area (Å²) in [5.74, 6) is -0.626. The van der Waals surface area contributed by atoms with E-state index in [0.29, 0.717) is 5.82 Å². The monoisotopic (exact) mass is 263 g/mol. The SMILES string of the molecule is Cc1cnc(C(C)Nc2ncccc2C(=O)O)s1. The predicted octanol–water partition coefficient (Wildman–Crippen LogP) is 2.72. The topological polar surface area (TPSA) is 75.1 Å². The molecule has 0 radical (unpaired) electrons. The maximum atomic E-state index is 11.1. The van der Waals surface area contributed by atoms with Crippen LogP contribution in [-0.4, -0.2) is 21.0 Å². The number of nitrogens with one attached hydrogen (secondary N) is 1. The highest BCUT2D eigenvalue weighted by Crippen LogP contribution is 2.23. The Bertz CT molecular complexity index is 568. The molecular formula is C12H13N3O2S. The number of carboxylic acids is 1. The summed E-state index contributed by atoms with van der Waals surface area (Å²) < 4.78 is 0. The first-order valence-electron chi connectivity index (χ1n) is 5.45. The summed E-state index contributed by atoms with van der Waals surface area (Å²) in [6.07, 6.45) is 3.36. The molecule has 0 saturated carbocycles. The van der Waals surface area contributed by atoms with Gasteiger partial charge in [0, 0.05) is 17.3 Å². The van der Waals surface area contributed by atoms with Gasteiger partial charge < -0.3 is 10.4 Å². The van der Waals surface area contributed by atoms with Crippen LogP contribution in [0.2, 0.25) is 0 Å². The number of aromatic carboxylic acids is 1. The van der Waals surface area contributed by atoms with E-state index < -0.39 is 5.97 Å². The molecule has 0 fully saturated rings. The molecule has 94 valence electrons. The quantitative estimate of drug-likeness (QED) is 0.887. The molecule has 0 saturated heterocycles. The summed E-state index contributed by atoms with van der Waals surface area (Å²) >= 11 is 1.58. The van der Waals surface area contributed by atoms with Crippen molar-refractivity contribution in [3.63, 3.8) is 0 Å². The van der Waals surface area contributed by atoms with E-state index in [-0.39, 0.29) is 11.6 Å². The third kappa shape index (κ3) is 2.65. The van der Waals surface area contributed by atoms with Crippen molar-refractivity contribution in [1.82, 2.24) is 9.97 Å². The van der Waals surface area contributed by atoms with Gasteiger partial charge in [0.25, 0.3) is 0 Å². The number of hydrogen-bond acceptors (Lipinski definition) is 5. The first kappa shape index (κ1) is 12.5. The van der Waals surface area contributed by atoms with Gasteiger partial charge in [-0.05, 0) is 26.0 Å². The molecule has 0 aromatic carbocycles. The Labute approximate surface area is 109 Å². The largest absolute Gasteiger partial charge is 0.478 e. The molecule has 0 aliphatic rings. The second-order valence-electron chi connectivity index (χ2n) is 3.88. The second kappa shape index (κ2) is 5.14. The normalized spacial score (nSPS) is 12.1. The van der Waals surface area contributed by atoms with Gasteiger partial charge in [0.2, 0.25) is 0 Å². The fourth-order valence-electron chi connectivity index (χ4n) is 1.53. The Morgan fingerprint density at radius 1 is 1.50 bits per heavy atom. The number of aromatic nitrogens is 2. The van der Waals surface area contributed by atoms with Gasteiger partial charge >= 0.3 is 5.97 Å². The smallest absolute Gasteiger partial charge is 0.339 e. The van der Waals surface area contributed by atoms with Gasteiger partial charge in [-0.2, -0.15) is 0 Å². The average Bonchev–Trinajstić information content (AvgIpc) is 2.76. The molecule has 1 atom stereocenters. The highest BCUT2D eigenvalue weighted by molar-refractivity contribution is 7.11. The minimum absolute atomic E-state index is 0.0725. The zero-order valence-corrected chi connectivity index (χ0v) is 10.9. The van der Waals surface area contributed by atoms with Crippen molar-refractivity contribution < 1.29 is 9.90 Å². The maximum absolute atomic E-state index is 11.1. The van der Waals surface area contributed by atoms with Gasteiger partial charge in [0.15, 0.2) is 0 Å². The van der Waals surface area contributed by atoms with E-state index in [9.17, 15) is 4.79 Å². The number of hydrogen-bond donors (Lipinski definition) is 2. The number of thiazole rings is 1. The Morgan fingerprint density at radius 2 is 2.28 bits per heavy atom. The van der Waals surface area contributed by atoms with Crippen molar-refractivity contribution in [3.05, 3.63) is 40.0 Å². The van der Waals surface area contributed by atoms with Crippen LogP contribution in [0.15, 0.2) is 24.5 Å². The molecule has 0 aliphatic carbocycles. The van der Waals surface area contributed by atoms with Crippen LogP contribution in [0.1, 0.15) is 33.2 Å². The van der Waals surface area contributed by atoms with E-state index in [2.05, 4.69) is 15.3 Å². The van der Waals surface area contributed by atoms with Crippen LogP contribution in [0.5, 0.6) is 0 Å². The van der Waals surface area contributed by atoms with E-state index in [0.717, 1.165) is 9.88 Å². The number of carbonyl (C=O) groups is 1. The molecule has 5 nitrogen and oxygen atoms in total. The lowest BCUT2D eigenvalue weighted by atomic mass is 10.2. The number of anilines is 1. The van der Waals surface area contributed by atoms with Crippen LogP contribution in [0, 0.1) is 6.92 Å². The summed E-state index contributed by atoms with van der Waals surface area (Å²) in [4.78, 5) is 20.5. The van der Waals surface area contributed by atoms with Crippen LogP contribution in [0.25, 0.3) is 0 Å². The number of pyridine rings is 1. The average molecular weight is 263 g/mol. The number of rotatable bonds is 4. The molecule has 1 unspecified atom stereocenters. The Kier molecular flexibility index (Phi) is 3.57. The minimum atomic E-state index is -0.992. The third-order valence-corrected chi connectivity index (χ3v) is 3.50. The summed E-state index contributed by atoms with van der Waals surface area (Å²) in [7, 11) is 0. The van der Waals surface area contributed by atoms with Crippen molar-refractivity contribution in [2.75, 3.05) is 5.32 Å². The number of aryl methyl sites for hydroxylation is 1.